The van der Waals surface area contributed by atoms with Crippen molar-refractivity contribution in [2.75, 3.05) is 39.6 Å². The third kappa shape index (κ3) is 77.2. The summed E-state index contributed by atoms with van der Waals surface area (Å²) < 4.78 is 68.9. The van der Waals surface area contributed by atoms with Gasteiger partial charge in [-0.3, -0.25) is 37.3 Å². The molecule has 0 spiro atoms. The standard InChI is InChI=1S/C86H168O17P2/c1-7-11-13-15-17-19-21-23-24-27-31-34-38-45-51-57-63-69-84(89)97-74-81(102-85(90)70-64-58-52-46-39-35-32-29-26-25-28-30-33-36-42-48-54-60-66-78(5)9-3)76-100-104(92,93)98-72-80(87)73-99-105(94,95)101-77-82(75-96-83(88)68-62-56-50-44-37-22-20-18-16-14-12-8-2)103-86(91)71-65-59-53-47-41-40-43-49-55-61-67-79(6)10-4/h78-82,87H,7-77H2,1-6H3,(H,92,93)(H,94,95)/t78?,79?,80-,81-,82-/m1/s1. The SMILES string of the molecule is CCCCCCCCCCCCCCCCCCCC(=O)OC[C@H](COP(=O)(O)OC[C@@H](O)COP(=O)(O)OC[C@@H](COC(=O)CCCCCCCCCCCCCC)OC(=O)CCCCCCCCCCCCC(C)CC)OC(=O)CCCCCCCCCCCCCCCCCCCCC(C)CC. The van der Waals surface area contributed by atoms with E-state index in [4.69, 9.17) is 37.0 Å². The fourth-order valence-electron chi connectivity index (χ4n) is 13.4. The lowest BCUT2D eigenvalue weighted by Gasteiger charge is -2.21. The molecule has 0 aliphatic rings. The van der Waals surface area contributed by atoms with Crippen LogP contribution in [0.1, 0.15) is 459 Å². The highest BCUT2D eigenvalue weighted by molar-refractivity contribution is 7.47. The smallest absolute Gasteiger partial charge is 0.462 e. The van der Waals surface area contributed by atoms with E-state index < -0.39 is 97.5 Å². The first kappa shape index (κ1) is 103. The Morgan fingerprint density at radius 2 is 0.457 bits per heavy atom. The number of phosphoric ester groups is 2. The summed E-state index contributed by atoms with van der Waals surface area (Å²) in [5.74, 6) is -0.427. The van der Waals surface area contributed by atoms with Crippen molar-refractivity contribution in [2.45, 2.75) is 477 Å². The number of phosphoric acid groups is 2. The van der Waals surface area contributed by atoms with Gasteiger partial charge in [-0.2, -0.15) is 0 Å². The first-order valence-electron chi connectivity index (χ1n) is 44.6. The molecule has 7 atom stereocenters. The Labute approximate surface area is 645 Å². The van der Waals surface area contributed by atoms with Gasteiger partial charge in [0.1, 0.15) is 19.3 Å². The number of unbranched alkanes of at least 4 members (excludes halogenated alkanes) is 53. The van der Waals surface area contributed by atoms with Crippen LogP contribution in [-0.2, 0) is 65.4 Å². The van der Waals surface area contributed by atoms with Gasteiger partial charge in [0.25, 0.3) is 0 Å². The number of carbonyl (C=O) groups is 4. The molecule has 0 heterocycles. The molecule has 0 fully saturated rings. The fraction of sp³-hybridized carbons (Fsp3) is 0.953. The molecule has 0 rings (SSSR count). The first-order chi connectivity index (χ1) is 50.9. The normalized spacial score (nSPS) is 14.3. The van der Waals surface area contributed by atoms with Crippen molar-refractivity contribution in [1.29, 1.82) is 0 Å². The maximum Gasteiger partial charge on any atom is 0.472 e. The molecule has 0 saturated carbocycles. The Kier molecular flexibility index (Phi) is 76.0. The number of rotatable bonds is 85. The van der Waals surface area contributed by atoms with E-state index in [-0.39, 0.29) is 25.7 Å². The monoisotopic (exact) mass is 1540 g/mol. The van der Waals surface area contributed by atoms with E-state index >= 15 is 0 Å². The highest BCUT2D eigenvalue weighted by Gasteiger charge is 2.30. The van der Waals surface area contributed by atoms with E-state index in [1.807, 2.05) is 0 Å². The molecule has 0 aliphatic carbocycles. The molecule has 0 saturated heterocycles. The maximum absolute atomic E-state index is 13.1. The predicted octanol–water partition coefficient (Wildman–Crippen LogP) is 26.2. The summed E-state index contributed by atoms with van der Waals surface area (Å²) in [4.78, 5) is 73.2. The minimum atomic E-state index is -4.97. The second kappa shape index (κ2) is 77.4. The van der Waals surface area contributed by atoms with Gasteiger partial charge in [0.2, 0.25) is 0 Å². The Morgan fingerprint density at radius 3 is 0.676 bits per heavy atom. The van der Waals surface area contributed by atoms with Crippen molar-refractivity contribution in [3.8, 4) is 0 Å². The fourth-order valence-corrected chi connectivity index (χ4v) is 14.9. The van der Waals surface area contributed by atoms with Crippen LogP contribution in [0.3, 0.4) is 0 Å². The number of hydrogen-bond donors (Lipinski definition) is 3. The summed E-state index contributed by atoms with van der Waals surface area (Å²) in [7, 11) is -9.93. The topological polar surface area (TPSA) is 237 Å². The molecule has 0 aliphatic heterocycles. The third-order valence-corrected chi connectivity index (χ3v) is 22.8. The van der Waals surface area contributed by atoms with E-state index in [0.29, 0.717) is 25.7 Å². The summed E-state index contributed by atoms with van der Waals surface area (Å²) in [5.41, 5.74) is 0. The summed E-state index contributed by atoms with van der Waals surface area (Å²) in [6.07, 6.45) is 69.2. The lowest BCUT2D eigenvalue weighted by atomic mass is 9.99. The second-order valence-electron chi connectivity index (χ2n) is 31.4. The van der Waals surface area contributed by atoms with Gasteiger partial charge in [-0.25, -0.2) is 9.13 Å². The summed E-state index contributed by atoms with van der Waals surface area (Å²) in [5, 5.41) is 10.7. The Morgan fingerprint density at radius 1 is 0.267 bits per heavy atom. The van der Waals surface area contributed by atoms with Gasteiger partial charge in [0, 0.05) is 25.7 Å². The molecular weight excluding hydrogens is 1370 g/mol. The maximum atomic E-state index is 13.1. The summed E-state index contributed by atoms with van der Waals surface area (Å²) >= 11 is 0. The van der Waals surface area contributed by atoms with Crippen LogP contribution < -0.4 is 0 Å². The second-order valence-corrected chi connectivity index (χ2v) is 34.3. The van der Waals surface area contributed by atoms with Crippen LogP contribution in [0.15, 0.2) is 0 Å². The predicted molar refractivity (Wildman–Crippen MR) is 432 cm³/mol. The molecule has 19 heteroatoms. The molecule has 0 bridgehead atoms. The van der Waals surface area contributed by atoms with Crippen molar-refractivity contribution < 1.29 is 80.2 Å². The van der Waals surface area contributed by atoms with Gasteiger partial charge in [-0.1, -0.05) is 408 Å². The molecule has 0 aromatic heterocycles. The van der Waals surface area contributed by atoms with Crippen molar-refractivity contribution >= 4 is 39.5 Å². The van der Waals surface area contributed by atoms with Gasteiger partial charge in [-0.05, 0) is 37.5 Å². The summed E-state index contributed by atoms with van der Waals surface area (Å²) in [6, 6.07) is 0. The van der Waals surface area contributed by atoms with E-state index in [2.05, 4.69) is 41.5 Å². The quantitative estimate of drug-likeness (QED) is 0.0222. The number of carbonyl (C=O) groups excluding carboxylic acids is 4. The molecule has 17 nitrogen and oxygen atoms in total. The number of hydrogen-bond acceptors (Lipinski definition) is 15. The zero-order valence-electron chi connectivity index (χ0n) is 69.0. The van der Waals surface area contributed by atoms with Gasteiger partial charge in [0.05, 0.1) is 26.4 Å². The molecule has 0 radical (unpaired) electrons. The molecule has 105 heavy (non-hydrogen) atoms. The number of aliphatic hydroxyl groups is 1. The van der Waals surface area contributed by atoms with Crippen molar-refractivity contribution in [3.63, 3.8) is 0 Å². The zero-order chi connectivity index (χ0) is 77.1. The average molecular weight is 1540 g/mol. The Hall–Kier alpha value is -1.94. The Balaban J connectivity index is 5.24. The highest BCUT2D eigenvalue weighted by Crippen LogP contribution is 2.45. The van der Waals surface area contributed by atoms with Gasteiger partial charge >= 0.3 is 39.5 Å². The number of ether oxygens (including phenoxy) is 4. The van der Waals surface area contributed by atoms with Gasteiger partial charge < -0.3 is 33.8 Å². The molecular formula is C86H168O17P2. The average Bonchev–Trinajstić information content (AvgIpc) is 0.914. The molecule has 0 aromatic rings. The third-order valence-electron chi connectivity index (χ3n) is 20.9. The minimum Gasteiger partial charge on any atom is -0.462 e. The van der Waals surface area contributed by atoms with Crippen LogP contribution in [0, 0.1) is 11.8 Å². The van der Waals surface area contributed by atoms with Crippen molar-refractivity contribution in [2.24, 2.45) is 11.8 Å². The van der Waals surface area contributed by atoms with Gasteiger partial charge in [0.15, 0.2) is 12.2 Å². The largest absolute Gasteiger partial charge is 0.472 e. The van der Waals surface area contributed by atoms with E-state index in [1.54, 1.807) is 0 Å². The van der Waals surface area contributed by atoms with Crippen LogP contribution in [-0.4, -0.2) is 96.7 Å². The lowest BCUT2D eigenvalue weighted by Crippen LogP contribution is -2.30. The van der Waals surface area contributed by atoms with Crippen LogP contribution in [0.5, 0.6) is 0 Å². The molecule has 0 amide bonds. The van der Waals surface area contributed by atoms with Crippen LogP contribution in [0.4, 0.5) is 0 Å². The number of esters is 4. The van der Waals surface area contributed by atoms with Crippen molar-refractivity contribution in [1.82, 2.24) is 0 Å². The Bertz CT molecular complexity index is 2010. The van der Waals surface area contributed by atoms with E-state index in [9.17, 15) is 43.2 Å². The molecule has 3 N–H and O–H groups in total. The lowest BCUT2D eigenvalue weighted by molar-refractivity contribution is -0.161. The first-order valence-corrected chi connectivity index (χ1v) is 47.6. The van der Waals surface area contributed by atoms with Crippen LogP contribution >= 0.6 is 15.6 Å². The molecule has 4 unspecified atom stereocenters. The molecule has 624 valence electrons. The van der Waals surface area contributed by atoms with Crippen molar-refractivity contribution in [3.05, 3.63) is 0 Å². The van der Waals surface area contributed by atoms with Crippen LogP contribution in [0.2, 0.25) is 0 Å². The van der Waals surface area contributed by atoms with Gasteiger partial charge in [-0.15, -0.1) is 0 Å². The molecule has 0 aromatic carbocycles. The van der Waals surface area contributed by atoms with E-state index in [0.717, 1.165) is 102 Å². The highest BCUT2D eigenvalue weighted by atomic mass is 31.2. The minimum absolute atomic E-state index is 0.107. The summed E-state index contributed by atoms with van der Waals surface area (Å²) in [6.45, 7) is 9.76. The zero-order valence-corrected chi connectivity index (χ0v) is 70.8. The number of aliphatic hydroxyl groups excluding tert-OH is 1. The van der Waals surface area contributed by atoms with E-state index in [1.165, 1.54) is 276 Å². The van der Waals surface area contributed by atoms with Crippen LogP contribution in [0.25, 0.3) is 0 Å².